The minimum absolute atomic E-state index is 0.0199. The molecule has 10 heteroatoms. The molecule has 2 saturated carbocycles. The van der Waals surface area contributed by atoms with E-state index < -0.39 is 26.0 Å². The molecule has 0 heterocycles. The molecule has 0 aromatic heterocycles. The molecule has 35 heavy (non-hydrogen) atoms. The molecular formula is C25H33N3O5S2. The Kier molecular flexibility index (Phi) is 8.26. The molecule has 0 radical (unpaired) electrons. The van der Waals surface area contributed by atoms with Crippen molar-refractivity contribution in [3.63, 3.8) is 0 Å². The van der Waals surface area contributed by atoms with Gasteiger partial charge in [-0.15, -0.1) is 0 Å². The van der Waals surface area contributed by atoms with Gasteiger partial charge in [-0.05, 0) is 62.1 Å². The van der Waals surface area contributed by atoms with Crippen LogP contribution in [0.25, 0.3) is 0 Å². The number of carbonyl (C=O) groups excluding carboxylic acids is 1. The van der Waals surface area contributed by atoms with Crippen molar-refractivity contribution in [3.05, 3.63) is 54.6 Å². The average molecular weight is 520 g/mol. The lowest BCUT2D eigenvalue weighted by Gasteiger charge is -2.27. The first-order valence-corrected chi connectivity index (χ1v) is 15.2. The number of para-hydroxylation sites is 1. The van der Waals surface area contributed by atoms with Crippen LogP contribution in [-0.4, -0.2) is 45.7 Å². The molecular weight excluding hydrogens is 486 g/mol. The third-order valence-electron chi connectivity index (χ3n) is 6.76. The van der Waals surface area contributed by atoms with Gasteiger partial charge < -0.3 is 5.32 Å². The zero-order valence-electron chi connectivity index (χ0n) is 19.7. The molecule has 0 saturated heterocycles. The summed E-state index contributed by atoms with van der Waals surface area (Å²) >= 11 is 0. The molecule has 2 aromatic rings. The van der Waals surface area contributed by atoms with E-state index in [9.17, 15) is 21.6 Å². The highest BCUT2D eigenvalue weighted by molar-refractivity contribution is 7.89. The highest BCUT2D eigenvalue weighted by Gasteiger charge is 2.35. The topological polar surface area (TPSA) is 113 Å². The van der Waals surface area contributed by atoms with Crippen molar-refractivity contribution < 1.29 is 21.6 Å². The Morgan fingerprint density at radius 1 is 0.771 bits per heavy atom. The summed E-state index contributed by atoms with van der Waals surface area (Å²) in [4.78, 5) is 12.7. The molecule has 2 aromatic carbocycles. The summed E-state index contributed by atoms with van der Waals surface area (Å²) < 4.78 is 56.7. The van der Waals surface area contributed by atoms with Crippen LogP contribution in [0.4, 0.5) is 5.69 Å². The van der Waals surface area contributed by atoms with Gasteiger partial charge in [0.1, 0.15) is 0 Å². The number of hydrogen-bond acceptors (Lipinski definition) is 5. The van der Waals surface area contributed by atoms with Crippen LogP contribution in [0.15, 0.2) is 64.4 Å². The zero-order chi connectivity index (χ0) is 24.9. The first-order valence-electron chi connectivity index (χ1n) is 12.2. The van der Waals surface area contributed by atoms with Crippen LogP contribution in [0.2, 0.25) is 0 Å². The van der Waals surface area contributed by atoms with E-state index in [1.54, 1.807) is 24.3 Å². The molecule has 8 nitrogen and oxygen atoms in total. The standard InChI is InChI=1S/C25H33N3O5S2/c29-25(26-20-9-3-1-4-10-20)19-28(22-13-7-8-14-22)35(32,33)24-17-15-23(16-18-24)34(30,31)27-21-11-5-2-6-12-21/h1,3-4,9-10,15-18,21-22,27H,2,5-8,11-14,19H2,(H,26,29). The molecule has 2 fully saturated rings. The Morgan fingerprint density at radius 3 is 1.97 bits per heavy atom. The largest absolute Gasteiger partial charge is 0.325 e. The molecule has 0 unspecified atom stereocenters. The molecule has 4 rings (SSSR count). The van der Waals surface area contributed by atoms with Crippen LogP contribution in [0, 0.1) is 0 Å². The number of hydrogen-bond donors (Lipinski definition) is 2. The predicted octanol–water partition coefficient (Wildman–Crippen LogP) is 3.87. The van der Waals surface area contributed by atoms with E-state index in [2.05, 4.69) is 10.0 Å². The van der Waals surface area contributed by atoms with Gasteiger partial charge in [-0.25, -0.2) is 21.6 Å². The van der Waals surface area contributed by atoms with Gasteiger partial charge in [0.05, 0.1) is 16.3 Å². The summed E-state index contributed by atoms with van der Waals surface area (Å²) in [6, 6.07) is 13.8. The molecule has 0 atom stereocenters. The van der Waals surface area contributed by atoms with Crippen LogP contribution in [-0.2, 0) is 24.8 Å². The van der Waals surface area contributed by atoms with Gasteiger partial charge in [0.2, 0.25) is 26.0 Å². The summed E-state index contributed by atoms with van der Waals surface area (Å²) in [5.74, 6) is -0.414. The van der Waals surface area contributed by atoms with E-state index in [0.717, 1.165) is 44.9 Å². The van der Waals surface area contributed by atoms with Gasteiger partial charge in [-0.3, -0.25) is 4.79 Å². The molecule has 0 aliphatic heterocycles. The maximum absolute atomic E-state index is 13.6. The minimum atomic E-state index is -4.00. The first-order chi connectivity index (χ1) is 16.8. The second-order valence-electron chi connectivity index (χ2n) is 9.33. The fourth-order valence-electron chi connectivity index (χ4n) is 4.90. The van der Waals surface area contributed by atoms with Gasteiger partial charge in [-0.2, -0.15) is 4.31 Å². The van der Waals surface area contributed by atoms with Crippen LogP contribution in [0.1, 0.15) is 57.8 Å². The fraction of sp³-hybridized carbons (Fsp3) is 0.480. The van der Waals surface area contributed by atoms with Gasteiger partial charge in [0, 0.05) is 17.8 Å². The van der Waals surface area contributed by atoms with E-state index in [4.69, 9.17) is 0 Å². The second-order valence-corrected chi connectivity index (χ2v) is 12.9. The smallest absolute Gasteiger partial charge is 0.243 e. The SMILES string of the molecule is O=C(CN(C1CCCC1)S(=O)(=O)c1ccc(S(=O)(=O)NC2CCCCC2)cc1)Nc1ccccc1. The number of nitrogens with zero attached hydrogens (tertiary/aromatic N) is 1. The molecule has 190 valence electrons. The van der Waals surface area contributed by atoms with E-state index in [-0.39, 0.29) is 28.4 Å². The second kappa shape index (κ2) is 11.2. The number of rotatable bonds is 9. The number of anilines is 1. The summed E-state index contributed by atoms with van der Waals surface area (Å²) in [6.45, 7) is -0.300. The van der Waals surface area contributed by atoms with Crippen molar-refractivity contribution in [1.82, 2.24) is 9.03 Å². The Morgan fingerprint density at radius 2 is 1.34 bits per heavy atom. The lowest BCUT2D eigenvalue weighted by molar-refractivity contribution is -0.116. The maximum atomic E-state index is 13.6. The molecule has 1 amide bonds. The van der Waals surface area contributed by atoms with Crippen LogP contribution in [0.5, 0.6) is 0 Å². The Hall–Kier alpha value is -2.27. The van der Waals surface area contributed by atoms with Crippen LogP contribution >= 0.6 is 0 Å². The quantitative estimate of drug-likeness (QED) is 0.522. The number of sulfonamides is 2. The lowest BCUT2D eigenvalue weighted by Crippen LogP contribution is -2.43. The molecule has 2 aliphatic rings. The summed E-state index contributed by atoms with van der Waals surface area (Å²) in [6.07, 6.45) is 7.93. The van der Waals surface area contributed by atoms with Crippen molar-refractivity contribution in [2.45, 2.75) is 79.7 Å². The Labute approximate surface area is 208 Å². The van der Waals surface area contributed by atoms with Crippen molar-refractivity contribution in [2.75, 3.05) is 11.9 Å². The number of benzene rings is 2. The van der Waals surface area contributed by atoms with Crippen molar-refractivity contribution in [2.24, 2.45) is 0 Å². The Balaban J connectivity index is 1.52. The minimum Gasteiger partial charge on any atom is -0.325 e. The third-order valence-corrected chi connectivity index (χ3v) is 10.2. The molecule has 2 aliphatic carbocycles. The van der Waals surface area contributed by atoms with Crippen molar-refractivity contribution in [3.8, 4) is 0 Å². The molecule has 0 bridgehead atoms. The highest BCUT2D eigenvalue weighted by atomic mass is 32.2. The van der Waals surface area contributed by atoms with E-state index in [1.807, 2.05) is 6.07 Å². The monoisotopic (exact) mass is 519 g/mol. The lowest BCUT2D eigenvalue weighted by atomic mass is 9.96. The summed E-state index contributed by atoms with van der Waals surface area (Å²) in [7, 11) is -7.74. The van der Waals surface area contributed by atoms with Crippen LogP contribution in [0.3, 0.4) is 0 Å². The van der Waals surface area contributed by atoms with Crippen LogP contribution < -0.4 is 10.0 Å². The number of nitrogens with one attached hydrogen (secondary N) is 2. The van der Waals surface area contributed by atoms with E-state index >= 15 is 0 Å². The molecule has 0 spiro atoms. The van der Waals surface area contributed by atoms with Crippen molar-refractivity contribution in [1.29, 1.82) is 0 Å². The summed E-state index contributed by atoms with van der Waals surface area (Å²) in [5.41, 5.74) is 0.598. The third kappa shape index (κ3) is 6.49. The average Bonchev–Trinajstić information content (AvgIpc) is 3.38. The van der Waals surface area contributed by atoms with E-state index in [0.29, 0.717) is 18.5 Å². The van der Waals surface area contributed by atoms with E-state index in [1.165, 1.54) is 28.6 Å². The maximum Gasteiger partial charge on any atom is 0.243 e. The Bertz CT molecular complexity index is 1200. The fourth-order valence-corrected chi connectivity index (χ4v) is 7.85. The normalized spacial score (nSPS) is 18.1. The van der Waals surface area contributed by atoms with Crippen molar-refractivity contribution >= 4 is 31.6 Å². The molecule has 2 N–H and O–H groups in total. The van der Waals surface area contributed by atoms with Gasteiger partial charge in [0.15, 0.2) is 0 Å². The number of amides is 1. The van der Waals surface area contributed by atoms with Gasteiger partial charge in [0.25, 0.3) is 0 Å². The summed E-state index contributed by atoms with van der Waals surface area (Å²) in [5, 5.41) is 2.75. The zero-order valence-corrected chi connectivity index (χ0v) is 21.4. The number of carbonyl (C=O) groups is 1. The highest BCUT2D eigenvalue weighted by Crippen LogP contribution is 2.29. The predicted molar refractivity (Wildman–Crippen MR) is 135 cm³/mol. The van der Waals surface area contributed by atoms with Gasteiger partial charge in [-0.1, -0.05) is 50.3 Å². The van der Waals surface area contributed by atoms with Gasteiger partial charge >= 0.3 is 0 Å². The first kappa shape index (κ1) is 25.8.